The molecule has 6 rings (SSSR count). The van der Waals surface area contributed by atoms with Gasteiger partial charge in [0, 0.05) is 49.7 Å². The molecule has 1 amide bonds. The van der Waals surface area contributed by atoms with Crippen LogP contribution in [0.25, 0.3) is 22.5 Å². The van der Waals surface area contributed by atoms with Crippen LogP contribution >= 0.6 is 0 Å². The van der Waals surface area contributed by atoms with Crippen molar-refractivity contribution >= 4 is 17.5 Å². The Kier molecular flexibility index (Phi) is 8.78. The number of pyridine rings is 1. The highest BCUT2D eigenvalue weighted by Crippen LogP contribution is 2.32. The molecular weight excluding hydrogens is 564 g/mol. The average molecular weight is 599 g/mol. The molecule has 1 saturated carbocycles. The van der Waals surface area contributed by atoms with Crippen LogP contribution < -0.4 is 15.8 Å². The molecule has 1 fully saturated rings. The number of aromatic amines is 1. The second-order valence-electron chi connectivity index (χ2n) is 11.4. The first-order valence-corrected chi connectivity index (χ1v) is 15.1. The van der Waals surface area contributed by atoms with Gasteiger partial charge in [0.1, 0.15) is 11.8 Å². The number of aryl methyl sites for hydroxylation is 2. The SMILES string of the molecule is Cn1cc(-c2ccc(N(C(=O)CCc3ccccc3)[C@H]3CC[C@H](Nc4ncc(C#N)c(-c5ccn[nH]5)n4)CC3)cc2)ccc1=O. The quantitative estimate of drug-likeness (QED) is 0.229. The van der Waals surface area contributed by atoms with Gasteiger partial charge in [0.15, 0.2) is 0 Å². The van der Waals surface area contributed by atoms with E-state index in [2.05, 4.69) is 43.7 Å². The fourth-order valence-electron chi connectivity index (χ4n) is 5.94. The van der Waals surface area contributed by atoms with Crippen molar-refractivity contribution in [3.8, 4) is 28.6 Å². The summed E-state index contributed by atoms with van der Waals surface area (Å²) in [5, 5.41) is 19.8. The Hall–Kier alpha value is -5.56. The Bertz CT molecular complexity index is 1850. The van der Waals surface area contributed by atoms with Gasteiger partial charge in [-0.05, 0) is 73.1 Å². The molecule has 2 N–H and O–H groups in total. The molecule has 1 aliphatic carbocycles. The van der Waals surface area contributed by atoms with Gasteiger partial charge in [0.25, 0.3) is 0 Å². The van der Waals surface area contributed by atoms with Gasteiger partial charge in [-0.25, -0.2) is 9.97 Å². The second-order valence-corrected chi connectivity index (χ2v) is 11.4. The van der Waals surface area contributed by atoms with Gasteiger partial charge in [0.05, 0.1) is 17.5 Å². The molecule has 10 nitrogen and oxygen atoms in total. The predicted molar refractivity (Wildman–Crippen MR) is 173 cm³/mol. The van der Waals surface area contributed by atoms with Gasteiger partial charge in [-0.1, -0.05) is 42.5 Å². The van der Waals surface area contributed by atoms with E-state index in [0.717, 1.165) is 48.1 Å². The van der Waals surface area contributed by atoms with Crippen LogP contribution in [0.15, 0.2) is 96.2 Å². The van der Waals surface area contributed by atoms with Gasteiger partial charge in [-0.3, -0.25) is 14.7 Å². The molecule has 3 aromatic heterocycles. The summed E-state index contributed by atoms with van der Waals surface area (Å²) in [4.78, 5) is 36.7. The Morgan fingerprint density at radius 2 is 1.78 bits per heavy atom. The van der Waals surface area contributed by atoms with Crippen LogP contribution in [0.2, 0.25) is 0 Å². The van der Waals surface area contributed by atoms with E-state index in [-0.39, 0.29) is 23.6 Å². The Morgan fingerprint density at radius 3 is 2.47 bits per heavy atom. The van der Waals surface area contributed by atoms with E-state index in [1.807, 2.05) is 59.6 Å². The summed E-state index contributed by atoms with van der Waals surface area (Å²) in [6.45, 7) is 0. The fraction of sp³-hybridized carbons (Fsp3) is 0.257. The zero-order valence-corrected chi connectivity index (χ0v) is 25.1. The monoisotopic (exact) mass is 598 g/mol. The number of H-pyrrole nitrogens is 1. The summed E-state index contributed by atoms with van der Waals surface area (Å²) < 4.78 is 1.57. The molecule has 2 aromatic carbocycles. The topological polar surface area (TPSA) is 133 Å². The average Bonchev–Trinajstić information content (AvgIpc) is 3.62. The summed E-state index contributed by atoms with van der Waals surface area (Å²) in [7, 11) is 1.74. The molecule has 0 saturated heterocycles. The van der Waals surface area contributed by atoms with Crippen LogP contribution in [0.1, 0.15) is 43.2 Å². The van der Waals surface area contributed by atoms with Crippen molar-refractivity contribution in [3.05, 3.63) is 113 Å². The number of amides is 1. The number of hydrogen-bond donors (Lipinski definition) is 2. The van der Waals surface area contributed by atoms with Crippen LogP contribution in [0.5, 0.6) is 0 Å². The van der Waals surface area contributed by atoms with Crippen LogP contribution in [-0.2, 0) is 18.3 Å². The van der Waals surface area contributed by atoms with Gasteiger partial charge in [0.2, 0.25) is 17.4 Å². The molecule has 0 aliphatic heterocycles. The molecule has 5 aromatic rings. The van der Waals surface area contributed by atoms with E-state index in [1.54, 1.807) is 29.9 Å². The van der Waals surface area contributed by atoms with Gasteiger partial charge in [-0.15, -0.1) is 0 Å². The van der Waals surface area contributed by atoms with Crippen molar-refractivity contribution in [2.75, 3.05) is 10.2 Å². The van der Waals surface area contributed by atoms with Crippen LogP contribution in [0, 0.1) is 11.3 Å². The summed E-state index contributed by atoms with van der Waals surface area (Å²) in [6.07, 6.45) is 9.39. The maximum Gasteiger partial charge on any atom is 0.250 e. The van der Waals surface area contributed by atoms with E-state index >= 15 is 0 Å². The summed E-state index contributed by atoms with van der Waals surface area (Å²) in [5.41, 5.74) is 5.43. The molecule has 0 atom stereocenters. The number of carbonyl (C=O) groups is 1. The van der Waals surface area contributed by atoms with E-state index in [1.165, 1.54) is 6.20 Å². The number of benzene rings is 2. The highest BCUT2D eigenvalue weighted by atomic mass is 16.2. The lowest BCUT2D eigenvalue weighted by Crippen LogP contribution is -2.44. The number of hydrogen-bond acceptors (Lipinski definition) is 7. The number of nitrogens with zero attached hydrogens (tertiary/aromatic N) is 6. The standard InChI is InChI=1S/C35H34N8O2/c1-42-23-26(10-18-32(42)44)25-8-13-29(14-9-25)43(33(45)17-7-24-5-3-2-4-6-24)30-15-11-28(12-16-30)39-35-37-22-27(21-36)34(40-35)31-19-20-38-41-31/h2-6,8-10,13-14,18-20,22-23,28,30H,7,11-12,15-17H2,1H3,(H,38,41)(H,37,39,40)/t28-,30-. The Morgan fingerprint density at radius 1 is 1.02 bits per heavy atom. The molecule has 0 unspecified atom stereocenters. The van der Waals surface area contributed by atoms with E-state index in [0.29, 0.717) is 35.7 Å². The third-order valence-corrected chi connectivity index (χ3v) is 8.36. The zero-order chi connectivity index (χ0) is 31.2. The van der Waals surface area contributed by atoms with Crippen molar-refractivity contribution in [1.82, 2.24) is 24.7 Å². The number of anilines is 2. The molecule has 0 spiro atoms. The van der Waals surface area contributed by atoms with E-state index in [9.17, 15) is 14.9 Å². The minimum absolute atomic E-state index is 0.0529. The largest absolute Gasteiger partial charge is 0.351 e. The lowest BCUT2D eigenvalue weighted by Gasteiger charge is -2.37. The molecule has 3 heterocycles. The summed E-state index contributed by atoms with van der Waals surface area (Å²) in [5.74, 6) is 0.566. The number of nitrogens with one attached hydrogen (secondary N) is 2. The number of carbonyl (C=O) groups excluding carboxylic acids is 1. The molecule has 10 heteroatoms. The predicted octanol–water partition coefficient (Wildman–Crippen LogP) is 5.49. The number of rotatable bonds is 9. The first kappa shape index (κ1) is 29.5. The first-order valence-electron chi connectivity index (χ1n) is 15.1. The van der Waals surface area contributed by atoms with Crippen molar-refractivity contribution in [2.45, 2.75) is 50.6 Å². The van der Waals surface area contributed by atoms with Crippen LogP contribution in [-0.4, -0.2) is 42.7 Å². The van der Waals surface area contributed by atoms with E-state index < -0.39 is 0 Å². The zero-order valence-electron chi connectivity index (χ0n) is 25.1. The van der Waals surface area contributed by atoms with Gasteiger partial charge in [-0.2, -0.15) is 10.4 Å². The lowest BCUT2D eigenvalue weighted by atomic mass is 9.89. The third kappa shape index (κ3) is 6.83. The summed E-state index contributed by atoms with van der Waals surface area (Å²) in [6, 6.07) is 25.6. The Labute approximate surface area is 261 Å². The maximum absolute atomic E-state index is 13.9. The van der Waals surface area contributed by atoms with Crippen molar-refractivity contribution < 1.29 is 4.79 Å². The molecule has 45 heavy (non-hydrogen) atoms. The molecule has 0 radical (unpaired) electrons. The number of aromatic nitrogens is 5. The van der Waals surface area contributed by atoms with Crippen LogP contribution in [0.4, 0.5) is 11.6 Å². The third-order valence-electron chi connectivity index (χ3n) is 8.36. The van der Waals surface area contributed by atoms with Crippen molar-refractivity contribution in [1.29, 1.82) is 5.26 Å². The highest BCUT2D eigenvalue weighted by Gasteiger charge is 2.30. The van der Waals surface area contributed by atoms with Crippen molar-refractivity contribution in [2.24, 2.45) is 7.05 Å². The molecule has 0 bridgehead atoms. The minimum atomic E-state index is -0.0559. The van der Waals surface area contributed by atoms with Gasteiger partial charge >= 0.3 is 0 Å². The summed E-state index contributed by atoms with van der Waals surface area (Å²) >= 11 is 0. The second kappa shape index (κ2) is 13.4. The lowest BCUT2D eigenvalue weighted by molar-refractivity contribution is -0.119. The first-order chi connectivity index (χ1) is 22.0. The smallest absolute Gasteiger partial charge is 0.250 e. The van der Waals surface area contributed by atoms with E-state index in [4.69, 9.17) is 0 Å². The fourth-order valence-corrected chi connectivity index (χ4v) is 5.94. The van der Waals surface area contributed by atoms with Crippen LogP contribution in [0.3, 0.4) is 0 Å². The molecule has 1 aliphatic rings. The normalized spacial score (nSPS) is 16.1. The van der Waals surface area contributed by atoms with Crippen molar-refractivity contribution in [3.63, 3.8) is 0 Å². The Balaban J connectivity index is 1.18. The highest BCUT2D eigenvalue weighted by molar-refractivity contribution is 5.94. The van der Waals surface area contributed by atoms with Gasteiger partial charge < -0.3 is 14.8 Å². The molecule has 226 valence electrons. The maximum atomic E-state index is 13.9. The molecular formula is C35H34N8O2. The number of nitriles is 1. The minimum Gasteiger partial charge on any atom is -0.351 e.